The molecule has 9 heteroatoms. The molecule has 0 aromatic carbocycles. The second kappa shape index (κ2) is 9.98. The summed E-state index contributed by atoms with van der Waals surface area (Å²) in [6.45, 7) is 2.69. The molecule has 2 aliphatic heterocycles. The van der Waals surface area contributed by atoms with Crippen LogP contribution in [0.2, 0.25) is 0 Å². The number of H-pyrrole nitrogens is 1. The number of piperidine rings is 2. The lowest BCUT2D eigenvalue weighted by Crippen LogP contribution is -2.41. The van der Waals surface area contributed by atoms with Gasteiger partial charge in [0.15, 0.2) is 0 Å². The Morgan fingerprint density at radius 3 is 2.34 bits per heavy atom. The van der Waals surface area contributed by atoms with E-state index in [0.717, 1.165) is 31.4 Å². The van der Waals surface area contributed by atoms with E-state index in [1.807, 2.05) is 0 Å². The summed E-state index contributed by atoms with van der Waals surface area (Å²) in [4.78, 5) is 47.7. The van der Waals surface area contributed by atoms with E-state index < -0.39 is 0 Å². The Morgan fingerprint density at radius 2 is 1.69 bits per heavy atom. The van der Waals surface area contributed by atoms with Crippen molar-refractivity contribution in [3.05, 3.63) is 27.9 Å². The zero-order valence-corrected chi connectivity index (χ0v) is 17.2. The average molecular weight is 406 g/mol. The lowest BCUT2D eigenvalue weighted by molar-refractivity contribution is -0.137. The molecule has 2 fully saturated rings. The van der Waals surface area contributed by atoms with Gasteiger partial charge in [0.2, 0.25) is 11.8 Å². The molecule has 1 aromatic heterocycles. The molecule has 1 aromatic rings. The number of methoxy groups -OCH3 is 2. The molecule has 2 aliphatic rings. The van der Waals surface area contributed by atoms with Gasteiger partial charge in [0.05, 0.1) is 5.69 Å². The van der Waals surface area contributed by atoms with Crippen molar-refractivity contribution in [2.45, 2.75) is 37.5 Å². The Labute approximate surface area is 170 Å². The van der Waals surface area contributed by atoms with Crippen molar-refractivity contribution in [3.63, 3.8) is 0 Å². The minimum absolute atomic E-state index is 0.0100. The Balaban J connectivity index is 1.68. The highest BCUT2D eigenvalue weighted by Gasteiger charge is 2.28. The summed E-state index contributed by atoms with van der Waals surface area (Å²) in [6.07, 6.45) is 3.29. The minimum atomic E-state index is -0.164. The molecule has 0 saturated carbocycles. The molecule has 2 saturated heterocycles. The van der Waals surface area contributed by atoms with Crippen molar-refractivity contribution < 1.29 is 19.1 Å². The van der Waals surface area contributed by atoms with E-state index in [1.165, 1.54) is 14.2 Å². The minimum Gasteiger partial charge on any atom is -0.375 e. The van der Waals surface area contributed by atoms with Crippen molar-refractivity contribution in [2.75, 3.05) is 53.6 Å². The quantitative estimate of drug-likeness (QED) is 0.737. The van der Waals surface area contributed by atoms with Gasteiger partial charge in [-0.15, -0.1) is 0 Å². The van der Waals surface area contributed by atoms with E-state index in [1.54, 1.807) is 15.9 Å². The molecule has 0 unspecified atom stereocenters. The second-order valence-electron chi connectivity index (χ2n) is 7.76. The number of hydrogen-bond acceptors (Lipinski definition) is 6. The molecule has 9 nitrogen and oxygen atoms in total. The molecule has 2 amide bonds. The first-order chi connectivity index (χ1) is 14.0. The van der Waals surface area contributed by atoms with Gasteiger partial charge >= 0.3 is 0 Å². The van der Waals surface area contributed by atoms with Crippen molar-refractivity contribution in [2.24, 2.45) is 0 Å². The summed E-state index contributed by atoms with van der Waals surface area (Å²) in [5.74, 6) is 0.809. The predicted octanol–water partition coefficient (Wildman–Crippen LogP) is 0.475. The number of carbonyl (C=O) groups excluding carboxylic acids is 2. The number of carbonyl (C=O) groups is 2. The number of hydrogen-bond donors (Lipinski definition) is 1. The van der Waals surface area contributed by atoms with E-state index in [-0.39, 0.29) is 42.4 Å². The molecule has 160 valence electrons. The highest BCUT2D eigenvalue weighted by Crippen LogP contribution is 2.28. The first-order valence-electron chi connectivity index (χ1n) is 10.2. The summed E-state index contributed by atoms with van der Waals surface area (Å²) < 4.78 is 9.88. The smallest absolute Gasteiger partial charge is 0.251 e. The van der Waals surface area contributed by atoms with Gasteiger partial charge in [0.1, 0.15) is 19.0 Å². The lowest BCUT2D eigenvalue weighted by atomic mass is 9.93. The standard InChI is InChI=1S/C20H30N4O5/c1-28-12-18(26)23-8-5-14(6-9-23)20-21-16(10-17(25)22-20)15-4-3-7-24(11-15)19(27)13-29-2/h10,14-15H,3-9,11-13H2,1-2H3,(H,21,22,25)/t15-/m1/s1. The summed E-state index contributed by atoms with van der Waals surface area (Å²) in [5.41, 5.74) is 0.583. The average Bonchev–Trinajstić information content (AvgIpc) is 2.74. The third-order valence-electron chi connectivity index (χ3n) is 5.74. The molecule has 0 radical (unpaired) electrons. The topological polar surface area (TPSA) is 105 Å². The first-order valence-corrected chi connectivity index (χ1v) is 10.2. The Kier molecular flexibility index (Phi) is 7.38. The number of aromatic nitrogens is 2. The van der Waals surface area contributed by atoms with E-state index in [2.05, 4.69) is 4.98 Å². The molecular weight excluding hydrogens is 376 g/mol. The van der Waals surface area contributed by atoms with Crippen LogP contribution in [0.3, 0.4) is 0 Å². The van der Waals surface area contributed by atoms with E-state index >= 15 is 0 Å². The fraction of sp³-hybridized carbons (Fsp3) is 0.700. The van der Waals surface area contributed by atoms with Crippen molar-refractivity contribution in [3.8, 4) is 0 Å². The van der Waals surface area contributed by atoms with Gasteiger partial charge in [-0.05, 0) is 25.7 Å². The van der Waals surface area contributed by atoms with Crippen LogP contribution in [0.15, 0.2) is 10.9 Å². The van der Waals surface area contributed by atoms with Gasteiger partial charge in [-0.25, -0.2) is 4.98 Å². The van der Waals surface area contributed by atoms with Gasteiger partial charge in [-0.2, -0.15) is 0 Å². The van der Waals surface area contributed by atoms with E-state index in [4.69, 9.17) is 14.5 Å². The monoisotopic (exact) mass is 406 g/mol. The van der Waals surface area contributed by atoms with Gasteiger partial charge in [0, 0.05) is 58.3 Å². The summed E-state index contributed by atoms with van der Waals surface area (Å²) in [6, 6.07) is 1.55. The fourth-order valence-electron chi connectivity index (χ4n) is 4.18. The van der Waals surface area contributed by atoms with Crippen LogP contribution in [0.4, 0.5) is 0 Å². The normalized spacial score (nSPS) is 20.7. The Bertz CT molecular complexity index is 772. The van der Waals surface area contributed by atoms with Crippen LogP contribution >= 0.6 is 0 Å². The molecule has 0 bridgehead atoms. The maximum atomic E-state index is 12.3. The second-order valence-corrected chi connectivity index (χ2v) is 7.76. The van der Waals surface area contributed by atoms with Gasteiger partial charge < -0.3 is 24.3 Å². The largest absolute Gasteiger partial charge is 0.375 e. The molecule has 3 heterocycles. The van der Waals surface area contributed by atoms with Gasteiger partial charge in [-0.3, -0.25) is 14.4 Å². The predicted molar refractivity (Wildman–Crippen MR) is 106 cm³/mol. The number of nitrogens with zero attached hydrogens (tertiary/aromatic N) is 3. The summed E-state index contributed by atoms with van der Waals surface area (Å²) in [5, 5.41) is 0. The van der Waals surface area contributed by atoms with E-state index in [9.17, 15) is 14.4 Å². The van der Waals surface area contributed by atoms with Crippen molar-refractivity contribution in [1.82, 2.24) is 19.8 Å². The lowest BCUT2D eigenvalue weighted by Gasteiger charge is -2.33. The van der Waals surface area contributed by atoms with E-state index in [0.29, 0.717) is 32.0 Å². The molecular formula is C20H30N4O5. The molecule has 0 aliphatic carbocycles. The number of ether oxygens (including phenoxy) is 2. The van der Waals surface area contributed by atoms with Crippen LogP contribution < -0.4 is 5.56 Å². The maximum absolute atomic E-state index is 12.3. The summed E-state index contributed by atoms with van der Waals surface area (Å²) in [7, 11) is 3.03. The number of nitrogens with one attached hydrogen (secondary N) is 1. The highest BCUT2D eigenvalue weighted by atomic mass is 16.5. The summed E-state index contributed by atoms with van der Waals surface area (Å²) >= 11 is 0. The zero-order chi connectivity index (χ0) is 20.8. The maximum Gasteiger partial charge on any atom is 0.251 e. The van der Waals surface area contributed by atoms with Crippen LogP contribution in [0.1, 0.15) is 49.0 Å². The van der Waals surface area contributed by atoms with Gasteiger partial charge in [0.25, 0.3) is 5.56 Å². The third-order valence-corrected chi connectivity index (χ3v) is 5.74. The molecule has 1 atom stereocenters. The van der Waals surface area contributed by atoms with Crippen molar-refractivity contribution >= 4 is 11.8 Å². The Morgan fingerprint density at radius 1 is 1.03 bits per heavy atom. The number of likely N-dealkylation sites (tertiary alicyclic amines) is 2. The third kappa shape index (κ3) is 5.42. The van der Waals surface area contributed by atoms with Gasteiger partial charge in [-0.1, -0.05) is 0 Å². The Hall–Kier alpha value is -2.26. The molecule has 29 heavy (non-hydrogen) atoms. The van der Waals surface area contributed by atoms with Crippen LogP contribution in [0.5, 0.6) is 0 Å². The van der Waals surface area contributed by atoms with Crippen LogP contribution in [0, 0.1) is 0 Å². The highest BCUT2D eigenvalue weighted by molar-refractivity contribution is 5.78. The number of rotatable bonds is 6. The fourth-order valence-corrected chi connectivity index (χ4v) is 4.18. The zero-order valence-electron chi connectivity index (χ0n) is 17.2. The molecule has 3 rings (SSSR count). The van der Waals surface area contributed by atoms with Crippen molar-refractivity contribution in [1.29, 1.82) is 0 Å². The van der Waals surface area contributed by atoms with Crippen LogP contribution in [-0.4, -0.2) is 85.2 Å². The number of amides is 2. The number of aromatic amines is 1. The van der Waals surface area contributed by atoms with Crippen LogP contribution in [-0.2, 0) is 19.1 Å². The first kappa shape index (κ1) is 21.4. The molecule has 1 N–H and O–H groups in total. The SMILES string of the molecule is COCC(=O)N1CCC(c2nc([C@@H]3CCCN(C(=O)COC)C3)cc(=O)[nH]2)CC1. The molecule has 0 spiro atoms. The van der Waals surface area contributed by atoms with Crippen LogP contribution in [0.25, 0.3) is 0 Å².